The van der Waals surface area contributed by atoms with E-state index in [1.54, 1.807) is 13.8 Å². The highest BCUT2D eigenvalue weighted by molar-refractivity contribution is 7.89. The normalized spacial score (nSPS) is 11.6. The molecule has 0 saturated heterocycles. The Morgan fingerprint density at radius 2 is 1.81 bits per heavy atom. The predicted octanol–water partition coefficient (Wildman–Crippen LogP) is 3.33. The lowest BCUT2D eigenvalue weighted by Crippen LogP contribution is -2.30. The highest BCUT2D eigenvalue weighted by Gasteiger charge is 2.25. The van der Waals surface area contributed by atoms with Crippen LogP contribution in [0.2, 0.25) is 0 Å². The summed E-state index contributed by atoms with van der Waals surface area (Å²) in [5.74, 6) is 0.780. The van der Waals surface area contributed by atoms with Crippen molar-refractivity contribution in [1.82, 2.24) is 14.5 Å². The number of nitro benzene ring substituents is 1. The summed E-state index contributed by atoms with van der Waals surface area (Å²) in [6, 6.07) is 13.2. The number of benzene rings is 2. The van der Waals surface area contributed by atoms with Gasteiger partial charge in [0.15, 0.2) is 0 Å². The second kappa shape index (κ2) is 9.67. The highest BCUT2D eigenvalue weighted by Crippen LogP contribution is 2.29. The van der Waals surface area contributed by atoms with Crippen LogP contribution in [0.5, 0.6) is 0 Å². The topological polar surface area (TPSA) is 131 Å². The van der Waals surface area contributed by atoms with E-state index in [2.05, 4.69) is 15.5 Å². The first kappa shape index (κ1) is 22.4. The Labute approximate surface area is 180 Å². The van der Waals surface area contributed by atoms with Crippen molar-refractivity contribution >= 4 is 21.4 Å². The molecule has 0 amide bonds. The largest absolute Gasteiger partial charge is 0.421 e. The van der Waals surface area contributed by atoms with Crippen LogP contribution in [0.1, 0.15) is 19.7 Å². The molecule has 10 nitrogen and oxygen atoms in total. The Morgan fingerprint density at radius 1 is 1.10 bits per heavy atom. The summed E-state index contributed by atoms with van der Waals surface area (Å²) in [4.78, 5) is 10.8. The first-order valence-electron chi connectivity index (χ1n) is 9.77. The molecule has 0 saturated carbocycles. The molecule has 0 atom stereocenters. The summed E-state index contributed by atoms with van der Waals surface area (Å²) in [5, 5.41) is 22.5. The van der Waals surface area contributed by atoms with Crippen molar-refractivity contribution in [1.29, 1.82) is 0 Å². The smallest absolute Gasteiger partial charge is 0.293 e. The Bertz CT molecular complexity index is 1140. The van der Waals surface area contributed by atoms with E-state index in [1.807, 2.05) is 30.3 Å². The van der Waals surface area contributed by atoms with Crippen molar-refractivity contribution in [2.45, 2.75) is 25.2 Å². The molecule has 0 aliphatic rings. The summed E-state index contributed by atoms with van der Waals surface area (Å²) in [6.45, 7) is 4.28. The number of sulfonamides is 1. The van der Waals surface area contributed by atoms with Gasteiger partial charge in [0.05, 0.1) is 9.82 Å². The third-order valence-corrected chi connectivity index (χ3v) is 6.70. The van der Waals surface area contributed by atoms with Crippen LogP contribution >= 0.6 is 0 Å². The second-order valence-corrected chi connectivity index (χ2v) is 8.51. The third-order valence-electron chi connectivity index (χ3n) is 4.65. The van der Waals surface area contributed by atoms with Gasteiger partial charge in [0.1, 0.15) is 5.69 Å². The van der Waals surface area contributed by atoms with Gasteiger partial charge in [0.2, 0.25) is 21.8 Å². The molecule has 164 valence electrons. The van der Waals surface area contributed by atoms with E-state index in [1.165, 1.54) is 16.4 Å². The average Bonchev–Trinajstić information content (AvgIpc) is 3.24. The van der Waals surface area contributed by atoms with Gasteiger partial charge in [-0.25, -0.2) is 8.42 Å². The highest BCUT2D eigenvalue weighted by atomic mass is 32.2. The van der Waals surface area contributed by atoms with Gasteiger partial charge < -0.3 is 9.73 Å². The molecule has 1 aromatic heterocycles. The molecular formula is C20H23N5O5S. The maximum Gasteiger partial charge on any atom is 0.293 e. The van der Waals surface area contributed by atoms with Crippen LogP contribution < -0.4 is 5.32 Å². The van der Waals surface area contributed by atoms with E-state index in [4.69, 9.17) is 4.42 Å². The number of aromatic nitrogens is 2. The fourth-order valence-corrected chi connectivity index (χ4v) is 4.52. The number of hydrogen-bond acceptors (Lipinski definition) is 8. The van der Waals surface area contributed by atoms with Crippen molar-refractivity contribution < 1.29 is 17.8 Å². The number of hydrogen-bond donors (Lipinski definition) is 1. The quantitative estimate of drug-likeness (QED) is 0.371. The number of anilines is 1. The zero-order chi connectivity index (χ0) is 22.4. The SMILES string of the molecule is CCN(CC)S(=O)(=O)c1ccc(NCCc2nnc(-c3ccccc3)o2)c([N+](=O)[O-])c1. The van der Waals surface area contributed by atoms with E-state index in [0.717, 1.165) is 11.6 Å². The zero-order valence-corrected chi connectivity index (χ0v) is 18.0. The average molecular weight is 446 g/mol. The van der Waals surface area contributed by atoms with Crippen LogP contribution in [0.4, 0.5) is 11.4 Å². The zero-order valence-electron chi connectivity index (χ0n) is 17.2. The van der Waals surface area contributed by atoms with E-state index in [-0.39, 0.29) is 29.4 Å². The molecule has 11 heteroatoms. The minimum absolute atomic E-state index is 0.113. The Hall–Kier alpha value is -3.31. The van der Waals surface area contributed by atoms with Crippen LogP contribution in [-0.4, -0.2) is 47.5 Å². The maximum absolute atomic E-state index is 12.7. The monoisotopic (exact) mass is 445 g/mol. The molecule has 1 heterocycles. The van der Waals surface area contributed by atoms with Gasteiger partial charge in [-0.3, -0.25) is 10.1 Å². The second-order valence-electron chi connectivity index (χ2n) is 6.57. The lowest BCUT2D eigenvalue weighted by molar-refractivity contribution is -0.384. The van der Waals surface area contributed by atoms with E-state index < -0.39 is 14.9 Å². The van der Waals surface area contributed by atoms with Crippen molar-refractivity contribution in [3.63, 3.8) is 0 Å². The molecule has 31 heavy (non-hydrogen) atoms. The Morgan fingerprint density at radius 3 is 2.45 bits per heavy atom. The number of nitrogens with one attached hydrogen (secondary N) is 1. The van der Waals surface area contributed by atoms with Crippen molar-refractivity contribution in [3.05, 3.63) is 64.5 Å². The van der Waals surface area contributed by atoms with Crippen LogP contribution in [0.3, 0.4) is 0 Å². The summed E-state index contributed by atoms with van der Waals surface area (Å²) >= 11 is 0. The van der Waals surface area contributed by atoms with Gasteiger partial charge in [-0.05, 0) is 24.3 Å². The number of nitro groups is 1. The molecule has 0 aliphatic heterocycles. The number of nitrogens with zero attached hydrogens (tertiary/aromatic N) is 4. The van der Waals surface area contributed by atoms with Crippen LogP contribution in [0.25, 0.3) is 11.5 Å². The number of rotatable bonds is 10. The van der Waals surface area contributed by atoms with Gasteiger partial charge in [0, 0.05) is 37.7 Å². The molecule has 0 radical (unpaired) electrons. The molecule has 0 bridgehead atoms. The van der Waals surface area contributed by atoms with Gasteiger partial charge in [0.25, 0.3) is 5.69 Å². The standard InChI is InChI=1S/C20H23N5O5S/c1-3-24(4-2)31(28,29)16-10-11-17(18(14-16)25(26)27)21-13-12-19-22-23-20(30-19)15-8-6-5-7-9-15/h5-11,14,21H,3-4,12-13H2,1-2H3. The fraction of sp³-hybridized carbons (Fsp3) is 0.300. The molecule has 0 fully saturated rings. The molecule has 0 aliphatic carbocycles. The predicted molar refractivity (Wildman–Crippen MR) is 115 cm³/mol. The van der Waals surface area contributed by atoms with Gasteiger partial charge in [-0.2, -0.15) is 4.31 Å². The molecular weight excluding hydrogens is 422 g/mol. The maximum atomic E-state index is 12.7. The Kier molecular flexibility index (Phi) is 6.98. The van der Waals surface area contributed by atoms with Crippen LogP contribution in [0, 0.1) is 10.1 Å². The molecule has 3 rings (SSSR count). The van der Waals surface area contributed by atoms with E-state index in [0.29, 0.717) is 24.7 Å². The van der Waals surface area contributed by atoms with Gasteiger partial charge in [-0.15, -0.1) is 10.2 Å². The summed E-state index contributed by atoms with van der Waals surface area (Å²) in [6.07, 6.45) is 0.344. The molecule has 1 N–H and O–H groups in total. The summed E-state index contributed by atoms with van der Waals surface area (Å²) in [5.41, 5.74) is 0.699. The third kappa shape index (κ3) is 5.06. The minimum atomic E-state index is -3.79. The van der Waals surface area contributed by atoms with Crippen LogP contribution in [-0.2, 0) is 16.4 Å². The van der Waals surface area contributed by atoms with Crippen molar-refractivity contribution in [2.24, 2.45) is 0 Å². The fourth-order valence-electron chi connectivity index (χ4n) is 3.04. The molecule has 2 aromatic carbocycles. The van der Waals surface area contributed by atoms with E-state index >= 15 is 0 Å². The summed E-state index contributed by atoms with van der Waals surface area (Å²) in [7, 11) is -3.79. The first-order valence-corrected chi connectivity index (χ1v) is 11.2. The van der Waals surface area contributed by atoms with Gasteiger partial charge in [-0.1, -0.05) is 32.0 Å². The molecule has 0 unspecified atom stereocenters. The van der Waals surface area contributed by atoms with Gasteiger partial charge >= 0.3 is 0 Å². The minimum Gasteiger partial charge on any atom is -0.421 e. The Balaban J connectivity index is 1.72. The first-order chi connectivity index (χ1) is 14.9. The summed E-state index contributed by atoms with van der Waals surface area (Å²) < 4.78 is 32.2. The lowest BCUT2D eigenvalue weighted by atomic mass is 10.2. The van der Waals surface area contributed by atoms with Crippen LogP contribution in [0.15, 0.2) is 57.8 Å². The molecule has 0 spiro atoms. The molecule has 3 aromatic rings. The van der Waals surface area contributed by atoms with E-state index in [9.17, 15) is 18.5 Å². The van der Waals surface area contributed by atoms with Crippen molar-refractivity contribution in [2.75, 3.05) is 25.0 Å². The lowest BCUT2D eigenvalue weighted by Gasteiger charge is -2.18. The van der Waals surface area contributed by atoms with Crippen molar-refractivity contribution in [3.8, 4) is 11.5 Å².